The molecule has 1 aliphatic rings. The van der Waals surface area contributed by atoms with Crippen LogP contribution in [0.2, 0.25) is 0 Å². The molecule has 1 atom stereocenters. The molecule has 1 N–H and O–H groups in total. The fraction of sp³-hybridized carbons (Fsp3) is 0.667. The third-order valence-corrected chi connectivity index (χ3v) is 4.02. The molecule has 1 aliphatic heterocycles. The number of nitrogens with one attached hydrogen (secondary N) is 1. The van der Waals surface area contributed by atoms with Crippen LogP contribution in [0.4, 0.5) is 5.69 Å². The summed E-state index contributed by atoms with van der Waals surface area (Å²) < 4.78 is 0. The minimum Gasteiger partial charge on any atom is -0.371 e. The molecule has 0 aliphatic carbocycles. The number of piperidine rings is 1. The lowest BCUT2D eigenvalue weighted by Crippen LogP contribution is -2.46. The predicted molar refractivity (Wildman–Crippen MR) is 76.9 cm³/mol. The zero-order valence-corrected chi connectivity index (χ0v) is 11.8. The monoisotopic (exact) mass is 247 g/mol. The van der Waals surface area contributed by atoms with E-state index < -0.39 is 0 Å². The molecule has 0 aromatic carbocycles. The smallest absolute Gasteiger partial charge is 0.0397 e. The second-order valence-electron chi connectivity index (χ2n) is 5.67. The van der Waals surface area contributed by atoms with Gasteiger partial charge in [-0.15, -0.1) is 0 Å². The van der Waals surface area contributed by atoms with E-state index in [1.165, 1.54) is 18.5 Å². The topological polar surface area (TPSA) is 28.2 Å². The molecule has 0 amide bonds. The van der Waals surface area contributed by atoms with Gasteiger partial charge in [0, 0.05) is 43.3 Å². The summed E-state index contributed by atoms with van der Waals surface area (Å²) in [5.41, 5.74) is 1.31. The highest BCUT2D eigenvalue weighted by molar-refractivity contribution is 5.44. The highest BCUT2D eigenvalue weighted by Gasteiger charge is 2.21. The number of aromatic nitrogens is 1. The van der Waals surface area contributed by atoms with E-state index in [4.69, 9.17) is 0 Å². The second-order valence-corrected chi connectivity index (χ2v) is 5.67. The highest BCUT2D eigenvalue weighted by Crippen LogP contribution is 2.19. The zero-order valence-electron chi connectivity index (χ0n) is 11.8. The molecule has 100 valence electrons. The lowest BCUT2D eigenvalue weighted by Gasteiger charge is -2.36. The van der Waals surface area contributed by atoms with Crippen molar-refractivity contribution in [2.75, 3.05) is 18.0 Å². The van der Waals surface area contributed by atoms with Crippen LogP contribution in [0.5, 0.6) is 0 Å². The summed E-state index contributed by atoms with van der Waals surface area (Å²) in [4.78, 5) is 6.53. The summed E-state index contributed by atoms with van der Waals surface area (Å²) in [5.74, 6) is 0.711. The standard InChI is InChI=1S/C15H25N3/c1-12(2)13(3)17-14-6-10-18(11-7-14)15-4-8-16-9-5-15/h4-5,8-9,12-14,17H,6-7,10-11H2,1-3H3. The van der Waals surface area contributed by atoms with Crippen molar-refractivity contribution >= 4 is 5.69 Å². The van der Waals surface area contributed by atoms with Gasteiger partial charge in [0.2, 0.25) is 0 Å². The maximum atomic E-state index is 4.07. The van der Waals surface area contributed by atoms with Crippen LogP contribution in [0, 0.1) is 5.92 Å². The third-order valence-electron chi connectivity index (χ3n) is 4.02. The van der Waals surface area contributed by atoms with Gasteiger partial charge in [-0.1, -0.05) is 13.8 Å². The average Bonchev–Trinajstić information content (AvgIpc) is 2.40. The van der Waals surface area contributed by atoms with Gasteiger partial charge in [0.1, 0.15) is 0 Å². The van der Waals surface area contributed by atoms with Gasteiger partial charge < -0.3 is 10.2 Å². The maximum Gasteiger partial charge on any atom is 0.0397 e. The summed E-state index contributed by atoms with van der Waals surface area (Å²) in [5, 5.41) is 3.75. The fourth-order valence-electron chi connectivity index (χ4n) is 2.42. The van der Waals surface area contributed by atoms with E-state index in [1.54, 1.807) is 0 Å². The van der Waals surface area contributed by atoms with Crippen molar-refractivity contribution in [2.45, 2.75) is 45.7 Å². The Labute approximate surface area is 111 Å². The largest absolute Gasteiger partial charge is 0.371 e. The van der Waals surface area contributed by atoms with Crippen LogP contribution >= 0.6 is 0 Å². The number of nitrogens with zero attached hydrogens (tertiary/aromatic N) is 2. The molecule has 1 saturated heterocycles. The quantitative estimate of drug-likeness (QED) is 0.886. The van der Waals surface area contributed by atoms with E-state index in [0.717, 1.165) is 13.1 Å². The van der Waals surface area contributed by atoms with Crippen molar-refractivity contribution in [2.24, 2.45) is 5.92 Å². The highest BCUT2D eigenvalue weighted by atomic mass is 15.1. The molecule has 0 bridgehead atoms. The zero-order chi connectivity index (χ0) is 13.0. The lowest BCUT2D eigenvalue weighted by atomic mass is 10.00. The van der Waals surface area contributed by atoms with E-state index in [2.05, 4.69) is 48.1 Å². The van der Waals surface area contributed by atoms with Gasteiger partial charge in [-0.2, -0.15) is 0 Å². The Morgan fingerprint density at radius 1 is 1.17 bits per heavy atom. The first kappa shape index (κ1) is 13.3. The number of rotatable bonds is 4. The summed E-state index contributed by atoms with van der Waals surface area (Å²) in [6.45, 7) is 9.15. The van der Waals surface area contributed by atoms with Crippen LogP contribution in [-0.2, 0) is 0 Å². The van der Waals surface area contributed by atoms with E-state index in [9.17, 15) is 0 Å². The summed E-state index contributed by atoms with van der Waals surface area (Å²) >= 11 is 0. The van der Waals surface area contributed by atoms with Crippen LogP contribution in [0.15, 0.2) is 24.5 Å². The van der Waals surface area contributed by atoms with Gasteiger partial charge in [-0.3, -0.25) is 4.98 Å². The van der Waals surface area contributed by atoms with Crippen molar-refractivity contribution in [3.63, 3.8) is 0 Å². The normalized spacial score (nSPS) is 19.2. The van der Waals surface area contributed by atoms with Crippen molar-refractivity contribution < 1.29 is 0 Å². The van der Waals surface area contributed by atoms with E-state index in [0.29, 0.717) is 18.0 Å². The molecule has 3 nitrogen and oxygen atoms in total. The van der Waals surface area contributed by atoms with Crippen LogP contribution in [0.3, 0.4) is 0 Å². The Morgan fingerprint density at radius 3 is 2.33 bits per heavy atom. The molecule has 0 radical (unpaired) electrons. The summed E-state index contributed by atoms with van der Waals surface area (Å²) in [7, 11) is 0. The number of hydrogen-bond acceptors (Lipinski definition) is 3. The molecule has 1 aromatic rings. The van der Waals surface area contributed by atoms with Crippen molar-refractivity contribution in [1.82, 2.24) is 10.3 Å². The van der Waals surface area contributed by atoms with Crippen LogP contribution in [0.25, 0.3) is 0 Å². The van der Waals surface area contributed by atoms with E-state index >= 15 is 0 Å². The van der Waals surface area contributed by atoms with Crippen molar-refractivity contribution in [3.8, 4) is 0 Å². The summed E-state index contributed by atoms with van der Waals surface area (Å²) in [6, 6.07) is 5.50. The van der Waals surface area contributed by atoms with E-state index in [1.807, 2.05) is 12.4 Å². The third kappa shape index (κ3) is 3.45. The second kappa shape index (κ2) is 6.19. The first-order valence-electron chi connectivity index (χ1n) is 7.08. The molecule has 2 heterocycles. The molecule has 1 unspecified atom stereocenters. The minimum atomic E-state index is 0.613. The van der Waals surface area contributed by atoms with Gasteiger partial charge >= 0.3 is 0 Å². The molecule has 3 heteroatoms. The van der Waals surface area contributed by atoms with Gasteiger partial charge in [-0.25, -0.2) is 0 Å². The molecular formula is C15H25N3. The predicted octanol–water partition coefficient (Wildman–Crippen LogP) is 2.68. The molecular weight excluding hydrogens is 222 g/mol. The molecule has 18 heavy (non-hydrogen) atoms. The van der Waals surface area contributed by atoms with Crippen LogP contribution in [0.1, 0.15) is 33.6 Å². The number of hydrogen-bond donors (Lipinski definition) is 1. The minimum absolute atomic E-state index is 0.613. The maximum absolute atomic E-state index is 4.07. The number of pyridine rings is 1. The SMILES string of the molecule is CC(C)C(C)NC1CCN(c2ccncc2)CC1. The Morgan fingerprint density at radius 2 is 1.78 bits per heavy atom. The van der Waals surface area contributed by atoms with Crippen molar-refractivity contribution in [3.05, 3.63) is 24.5 Å². The summed E-state index contributed by atoms with van der Waals surface area (Å²) in [6.07, 6.45) is 6.22. The Bertz CT molecular complexity index is 342. The molecule has 1 aromatic heterocycles. The molecule has 2 rings (SSSR count). The van der Waals surface area contributed by atoms with Gasteiger partial charge in [0.15, 0.2) is 0 Å². The molecule has 1 fully saturated rings. The first-order valence-corrected chi connectivity index (χ1v) is 7.08. The number of anilines is 1. The Balaban J connectivity index is 1.81. The van der Waals surface area contributed by atoms with Crippen LogP contribution < -0.4 is 10.2 Å². The molecule has 0 spiro atoms. The Kier molecular flexibility index (Phi) is 4.59. The Hall–Kier alpha value is -1.09. The van der Waals surface area contributed by atoms with Crippen molar-refractivity contribution in [1.29, 1.82) is 0 Å². The van der Waals surface area contributed by atoms with Gasteiger partial charge in [0.25, 0.3) is 0 Å². The fourth-order valence-corrected chi connectivity index (χ4v) is 2.42. The van der Waals surface area contributed by atoms with E-state index in [-0.39, 0.29) is 0 Å². The first-order chi connectivity index (χ1) is 8.66. The average molecular weight is 247 g/mol. The van der Waals surface area contributed by atoms with Gasteiger partial charge in [-0.05, 0) is 37.8 Å². The molecule has 0 saturated carbocycles. The van der Waals surface area contributed by atoms with Gasteiger partial charge in [0.05, 0.1) is 0 Å². The van der Waals surface area contributed by atoms with Crippen LogP contribution in [-0.4, -0.2) is 30.2 Å². The lowest BCUT2D eigenvalue weighted by molar-refractivity contribution is 0.331.